The number of hydrogen-bond acceptors (Lipinski definition) is 4. The number of esters is 1. The van der Waals surface area contributed by atoms with E-state index in [1.165, 1.54) is 5.56 Å². The summed E-state index contributed by atoms with van der Waals surface area (Å²) in [7, 11) is 0. The summed E-state index contributed by atoms with van der Waals surface area (Å²) in [4.78, 5) is 11.0. The molecule has 0 saturated carbocycles. The van der Waals surface area contributed by atoms with Crippen molar-refractivity contribution in [3.8, 4) is 5.75 Å². The zero-order valence-electron chi connectivity index (χ0n) is 11.1. The number of nitrogens with zero attached hydrogens (tertiary/aromatic N) is 2. The van der Waals surface area contributed by atoms with Crippen LogP contribution in [0.4, 0.5) is 11.4 Å². The lowest BCUT2D eigenvalue weighted by molar-refractivity contribution is -0.128. The monoisotopic (exact) mass is 266 g/mol. The molecule has 0 aliphatic rings. The number of carbonyl (C=O) groups is 1. The van der Waals surface area contributed by atoms with Crippen LogP contribution in [0.3, 0.4) is 0 Å². The summed E-state index contributed by atoms with van der Waals surface area (Å²) in [5.41, 5.74) is 2.65. The van der Waals surface area contributed by atoms with E-state index in [4.69, 9.17) is 4.74 Å². The zero-order valence-corrected chi connectivity index (χ0v) is 11.1. The predicted octanol–water partition coefficient (Wildman–Crippen LogP) is 4.50. The fourth-order valence-corrected chi connectivity index (χ4v) is 1.47. The number of carbonyl (C=O) groups excluding carboxylic acids is 1. The molecule has 0 heterocycles. The van der Waals surface area contributed by atoms with Crippen molar-refractivity contribution in [2.45, 2.75) is 6.92 Å². The van der Waals surface area contributed by atoms with E-state index in [0.717, 1.165) is 11.8 Å². The van der Waals surface area contributed by atoms with Gasteiger partial charge in [0, 0.05) is 6.08 Å². The van der Waals surface area contributed by atoms with Crippen molar-refractivity contribution in [1.29, 1.82) is 0 Å². The van der Waals surface area contributed by atoms with Gasteiger partial charge in [0.1, 0.15) is 5.75 Å². The van der Waals surface area contributed by atoms with E-state index in [9.17, 15) is 4.79 Å². The molecule has 100 valence electrons. The quantitative estimate of drug-likeness (QED) is 0.354. The van der Waals surface area contributed by atoms with Crippen LogP contribution >= 0.6 is 0 Å². The number of aryl methyl sites for hydroxylation is 1. The molecule has 20 heavy (non-hydrogen) atoms. The highest BCUT2D eigenvalue weighted by Gasteiger charge is 1.99. The maximum atomic E-state index is 11.0. The topological polar surface area (TPSA) is 51.0 Å². The molecule has 0 aliphatic heterocycles. The Morgan fingerprint density at radius 3 is 2.00 bits per heavy atom. The Bertz CT molecular complexity index is 629. The summed E-state index contributed by atoms with van der Waals surface area (Å²) < 4.78 is 4.97. The molecule has 2 rings (SSSR count). The molecular weight excluding hydrogens is 252 g/mol. The largest absolute Gasteiger partial charge is 0.423 e. The summed E-state index contributed by atoms with van der Waals surface area (Å²) in [5.74, 6) is -0.0387. The van der Waals surface area contributed by atoms with Crippen molar-refractivity contribution in [2.24, 2.45) is 10.2 Å². The SMILES string of the molecule is C=CC(=O)Oc1ccc(/N=N/c2ccc(C)cc2)cc1. The molecular formula is C16H14N2O2. The Morgan fingerprint density at radius 2 is 1.50 bits per heavy atom. The fourth-order valence-electron chi connectivity index (χ4n) is 1.47. The Labute approximate surface area is 117 Å². The lowest BCUT2D eigenvalue weighted by atomic mass is 10.2. The van der Waals surface area contributed by atoms with Gasteiger partial charge in [-0.1, -0.05) is 24.3 Å². The van der Waals surface area contributed by atoms with Crippen molar-refractivity contribution in [2.75, 3.05) is 0 Å². The zero-order chi connectivity index (χ0) is 14.4. The standard InChI is InChI=1S/C16H14N2O2/c1-3-16(19)20-15-10-8-14(9-11-15)18-17-13-6-4-12(2)5-7-13/h3-11H,1H2,2H3/b18-17+. The summed E-state index contributed by atoms with van der Waals surface area (Å²) in [6, 6.07) is 14.5. The first-order chi connectivity index (χ1) is 9.67. The van der Waals surface area contributed by atoms with E-state index in [-0.39, 0.29) is 0 Å². The number of rotatable bonds is 4. The lowest BCUT2D eigenvalue weighted by Crippen LogP contribution is -2.02. The highest BCUT2D eigenvalue weighted by molar-refractivity contribution is 5.83. The fraction of sp³-hybridized carbons (Fsp3) is 0.0625. The van der Waals surface area contributed by atoms with E-state index in [0.29, 0.717) is 11.4 Å². The summed E-state index contributed by atoms with van der Waals surface area (Å²) in [6.45, 7) is 5.35. The number of hydrogen-bond donors (Lipinski definition) is 0. The van der Waals surface area contributed by atoms with Crippen LogP contribution in [-0.4, -0.2) is 5.97 Å². The first-order valence-electron chi connectivity index (χ1n) is 6.10. The first kappa shape index (κ1) is 13.7. The molecule has 0 bridgehead atoms. The summed E-state index contributed by atoms with van der Waals surface area (Å²) in [6.07, 6.45) is 1.12. The minimum atomic E-state index is -0.487. The second kappa shape index (κ2) is 6.43. The summed E-state index contributed by atoms with van der Waals surface area (Å²) >= 11 is 0. The molecule has 4 heteroatoms. The maximum absolute atomic E-state index is 11.0. The molecule has 0 aromatic heterocycles. The van der Waals surface area contributed by atoms with Crippen LogP contribution in [0.25, 0.3) is 0 Å². The van der Waals surface area contributed by atoms with Crippen molar-refractivity contribution in [3.05, 3.63) is 66.7 Å². The molecule has 0 radical (unpaired) electrons. The van der Waals surface area contributed by atoms with Gasteiger partial charge in [0.05, 0.1) is 11.4 Å². The second-order valence-corrected chi connectivity index (χ2v) is 4.15. The van der Waals surface area contributed by atoms with Crippen LogP contribution in [0, 0.1) is 6.92 Å². The van der Waals surface area contributed by atoms with E-state index in [2.05, 4.69) is 16.8 Å². The average Bonchev–Trinajstić information content (AvgIpc) is 2.48. The van der Waals surface area contributed by atoms with Gasteiger partial charge in [0.15, 0.2) is 0 Å². The van der Waals surface area contributed by atoms with Crippen LogP contribution in [-0.2, 0) is 4.79 Å². The smallest absolute Gasteiger partial charge is 0.335 e. The minimum absolute atomic E-state index is 0.448. The van der Waals surface area contributed by atoms with Gasteiger partial charge in [-0.2, -0.15) is 10.2 Å². The van der Waals surface area contributed by atoms with E-state index in [1.54, 1.807) is 24.3 Å². The van der Waals surface area contributed by atoms with Crippen molar-refractivity contribution in [3.63, 3.8) is 0 Å². The Balaban J connectivity index is 2.05. The molecule has 0 N–H and O–H groups in total. The van der Waals surface area contributed by atoms with Crippen molar-refractivity contribution in [1.82, 2.24) is 0 Å². The highest BCUT2D eigenvalue weighted by Crippen LogP contribution is 2.21. The van der Waals surface area contributed by atoms with Gasteiger partial charge >= 0.3 is 5.97 Å². The number of azo groups is 1. The van der Waals surface area contributed by atoms with Crippen LogP contribution < -0.4 is 4.74 Å². The van der Waals surface area contributed by atoms with Gasteiger partial charge in [-0.05, 0) is 43.3 Å². The second-order valence-electron chi connectivity index (χ2n) is 4.15. The van der Waals surface area contributed by atoms with Gasteiger partial charge in [-0.15, -0.1) is 0 Å². The van der Waals surface area contributed by atoms with Crippen molar-refractivity contribution >= 4 is 17.3 Å². The van der Waals surface area contributed by atoms with Crippen LogP contribution in [0.1, 0.15) is 5.56 Å². The molecule has 0 spiro atoms. The van der Waals surface area contributed by atoms with Gasteiger partial charge in [0.2, 0.25) is 0 Å². The van der Waals surface area contributed by atoms with E-state index < -0.39 is 5.97 Å². The normalized spacial score (nSPS) is 10.4. The maximum Gasteiger partial charge on any atom is 0.335 e. The van der Waals surface area contributed by atoms with E-state index >= 15 is 0 Å². The van der Waals surface area contributed by atoms with Gasteiger partial charge in [-0.25, -0.2) is 4.79 Å². The summed E-state index contributed by atoms with van der Waals surface area (Å²) in [5, 5.41) is 8.24. The third-order valence-electron chi connectivity index (χ3n) is 2.54. The third kappa shape index (κ3) is 3.88. The molecule has 0 saturated heterocycles. The predicted molar refractivity (Wildman–Crippen MR) is 77.6 cm³/mol. The molecule has 0 atom stereocenters. The van der Waals surface area contributed by atoms with E-state index in [1.807, 2.05) is 31.2 Å². The molecule has 4 nitrogen and oxygen atoms in total. The lowest BCUT2D eigenvalue weighted by Gasteiger charge is -2.00. The van der Waals surface area contributed by atoms with Crippen LogP contribution in [0.15, 0.2) is 71.4 Å². The van der Waals surface area contributed by atoms with Crippen LogP contribution in [0.2, 0.25) is 0 Å². The average molecular weight is 266 g/mol. The number of ether oxygens (including phenoxy) is 1. The molecule has 0 amide bonds. The molecule has 2 aromatic carbocycles. The van der Waals surface area contributed by atoms with Crippen molar-refractivity contribution < 1.29 is 9.53 Å². The molecule has 0 fully saturated rings. The minimum Gasteiger partial charge on any atom is -0.423 e. The van der Waals surface area contributed by atoms with Crippen LogP contribution in [0.5, 0.6) is 5.75 Å². The van der Waals surface area contributed by atoms with Gasteiger partial charge in [-0.3, -0.25) is 0 Å². The Kier molecular flexibility index (Phi) is 4.39. The molecule has 2 aromatic rings. The first-order valence-corrected chi connectivity index (χ1v) is 6.10. The highest BCUT2D eigenvalue weighted by atomic mass is 16.5. The van der Waals surface area contributed by atoms with Gasteiger partial charge < -0.3 is 4.74 Å². The van der Waals surface area contributed by atoms with Gasteiger partial charge in [0.25, 0.3) is 0 Å². The Hall–Kier alpha value is -2.75. The number of benzene rings is 2. The third-order valence-corrected chi connectivity index (χ3v) is 2.54. The molecule has 0 aliphatic carbocycles. The Morgan fingerprint density at radius 1 is 1.00 bits per heavy atom. The molecule has 0 unspecified atom stereocenters.